The fraction of sp³-hybridized carbons (Fsp3) is 1.00. The van der Waals surface area contributed by atoms with Gasteiger partial charge >= 0.3 is 8.88 Å². The smallest absolute Gasteiger partial charge is 0.368 e. The molecular formula is C9H24N2O2Si. The van der Waals surface area contributed by atoms with E-state index in [9.17, 15) is 0 Å². The molecule has 0 heterocycles. The molecule has 0 saturated carbocycles. The van der Waals surface area contributed by atoms with Crippen molar-refractivity contribution in [3.05, 3.63) is 0 Å². The van der Waals surface area contributed by atoms with E-state index in [4.69, 9.17) is 8.85 Å². The van der Waals surface area contributed by atoms with Crippen LogP contribution < -0.4 is 9.96 Å². The molecule has 0 aliphatic heterocycles. The summed E-state index contributed by atoms with van der Waals surface area (Å²) >= 11 is 0. The van der Waals surface area contributed by atoms with Crippen LogP contribution in [0.3, 0.4) is 0 Å². The molecule has 2 N–H and O–H groups in total. The average Bonchev–Trinajstić information content (AvgIpc) is 1.99. The van der Waals surface area contributed by atoms with Gasteiger partial charge in [-0.15, -0.1) is 0 Å². The van der Waals surface area contributed by atoms with E-state index in [2.05, 4.69) is 9.96 Å². The molecule has 0 aliphatic rings. The molecule has 0 fully saturated rings. The Bertz CT molecular complexity index is 165. The van der Waals surface area contributed by atoms with E-state index >= 15 is 0 Å². The summed E-state index contributed by atoms with van der Waals surface area (Å²) in [6.45, 7) is 10.1. The van der Waals surface area contributed by atoms with Gasteiger partial charge in [0.2, 0.25) is 0 Å². The topological polar surface area (TPSA) is 42.5 Å². The molecule has 0 unspecified atom stereocenters. The third-order valence-corrected chi connectivity index (χ3v) is 4.53. The van der Waals surface area contributed by atoms with Crippen LogP contribution >= 0.6 is 0 Å². The molecule has 0 aromatic heterocycles. The monoisotopic (exact) mass is 220 g/mol. The van der Waals surface area contributed by atoms with Gasteiger partial charge in [0.1, 0.15) is 0 Å². The molecule has 0 rings (SSSR count). The normalized spacial score (nSPS) is 13.7. The number of rotatable bonds is 5. The van der Waals surface area contributed by atoms with Crippen molar-refractivity contribution < 1.29 is 8.85 Å². The summed E-state index contributed by atoms with van der Waals surface area (Å²) in [6.07, 6.45) is 0.143. The standard InChI is InChI=1S/C9H24N2O2Si/c1-8(2)12-14(10-6,11-7)13-9(3,4)5/h8,10-11H,1-7H3. The molecule has 0 atom stereocenters. The molecular weight excluding hydrogens is 196 g/mol. The van der Waals surface area contributed by atoms with Crippen molar-refractivity contribution >= 4 is 8.88 Å². The number of hydrogen-bond donors (Lipinski definition) is 2. The van der Waals surface area contributed by atoms with Crippen molar-refractivity contribution in [2.24, 2.45) is 0 Å². The predicted octanol–water partition coefficient (Wildman–Crippen LogP) is 1.10. The van der Waals surface area contributed by atoms with Crippen LogP contribution in [0.1, 0.15) is 34.6 Å². The van der Waals surface area contributed by atoms with Gasteiger partial charge in [0.15, 0.2) is 0 Å². The minimum atomic E-state index is -2.44. The largest absolute Gasteiger partial charge is 0.517 e. The van der Waals surface area contributed by atoms with E-state index in [1.54, 1.807) is 0 Å². The van der Waals surface area contributed by atoms with Crippen molar-refractivity contribution in [1.82, 2.24) is 9.96 Å². The molecule has 5 heteroatoms. The summed E-state index contributed by atoms with van der Waals surface area (Å²) in [5.74, 6) is 0. The molecule has 0 bridgehead atoms. The molecule has 0 saturated heterocycles. The van der Waals surface area contributed by atoms with Crippen molar-refractivity contribution in [2.45, 2.75) is 46.3 Å². The lowest BCUT2D eigenvalue weighted by Gasteiger charge is -2.36. The highest BCUT2D eigenvalue weighted by Gasteiger charge is 2.41. The fourth-order valence-electron chi connectivity index (χ4n) is 1.13. The molecule has 14 heavy (non-hydrogen) atoms. The molecule has 86 valence electrons. The first kappa shape index (κ1) is 14.1. The molecule has 4 nitrogen and oxygen atoms in total. The first-order chi connectivity index (χ1) is 6.24. The first-order valence-electron chi connectivity index (χ1n) is 5.00. The summed E-state index contributed by atoms with van der Waals surface area (Å²) in [6, 6.07) is 0. The van der Waals surface area contributed by atoms with Gasteiger partial charge in [0.05, 0.1) is 5.60 Å². The third-order valence-electron chi connectivity index (χ3n) is 1.51. The molecule has 0 spiro atoms. The third kappa shape index (κ3) is 5.07. The first-order valence-corrected chi connectivity index (χ1v) is 6.82. The van der Waals surface area contributed by atoms with E-state index in [0.717, 1.165) is 0 Å². The summed E-state index contributed by atoms with van der Waals surface area (Å²) in [7, 11) is 1.27. The average molecular weight is 220 g/mol. The van der Waals surface area contributed by atoms with Crippen LogP contribution in [0.4, 0.5) is 0 Å². The van der Waals surface area contributed by atoms with Crippen LogP contribution in [-0.4, -0.2) is 34.7 Å². The maximum Gasteiger partial charge on any atom is 0.517 e. The van der Waals surface area contributed by atoms with Crippen LogP contribution in [0, 0.1) is 0 Å². The lowest BCUT2D eigenvalue weighted by molar-refractivity contribution is 0.0367. The molecule has 0 aliphatic carbocycles. The summed E-state index contributed by atoms with van der Waals surface area (Å²) < 4.78 is 11.7. The Balaban J connectivity index is 4.53. The zero-order valence-electron chi connectivity index (χ0n) is 10.4. The van der Waals surface area contributed by atoms with E-state index in [1.807, 2.05) is 48.7 Å². The highest BCUT2D eigenvalue weighted by molar-refractivity contribution is 6.62. The van der Waals surface area contributed by atoms with E-state index in [-0.39, 0.29) is 11.7 Å². The lowest BCUT2D eigenvalue weighted by atomic mass is 10.2. The zero-order chi connectivity index (χ0) is 11.4. The van der Waals surface area contributed by atoms with E-state index in [0.29, 0.717) is 0 Å². The quantitative estimate of drug-likeness (QED) is 0.681. The summed E-state index contributed by atoms with van der Waals surface area (Å²) in [5.41, 5.74) is -0.215. The van der Waals surface area contributed by atoms with Gasteiger partial charge in [-0.3, -0.25) is 9.96 Å². The highest BCUT2D eigenvalue weighted by Crippen LogP contribution is 2.14. The Morgan fingerprint density at radius 2 is 1.50 bits per heavy atom. The van der Waals surface area contributed by atoms with Crippen molar-refractivity contribution in [3.63, 3.8) is 0 Å². The Hall–Kier alpha value is 0.0569. The molecule has 0 amide bonds. The summed E-state index contributed by atoms with van der Waals surface area (Å²) in [4.78, 5) is 6.27. The van der Waals surface area contributed by atoms with E-state index < -0.39 is 8.88 Å². The minimum absolute atomic E-state index is 0.143. The Morgan fingerprint density at radius 3 is 1.71 bits per heavy atom. The van der Waals surface area contributed by atoms with Crippen LogP contribution in [0.5, 0.6) is 0 Å². The highest BCUT2D eigenvalue weighted by atomic mass is 28.4. The Morgan fingerprint density at radius 1 is 1.07 bits per heavy atom. The van der Waals surface area contributed by atoms with Gasteiger partial charge < -0.3 is 8.85 Å². The molecule has 0 aromatic rings. The van der Waals surface area contributed by atoms with Crippen LogP contribution in [-0.2, 0) is 8.85 Å². The Kier molecular flexibility index (Phi) is 5.25. The predicted molar refractivity (Wildman–Crippen MR) is 60.9 cm³/mol. The fourth-order valence-corrected chi connectivity index (χ4v) is 3.40. The Labute approximate surface area is 88.8 Å². The second-order valence-corrected chi connectivity index (χ2v) is 7.17. The lowest BCUT2D eigenvalue weighted by Crippen LogP contribution is -2.68. The van der Waals surface area contributed by atoms with Gasteiger partial charge in [0.25, 0.3) is 0 Å². The van der Waals surface area contributed by atoms with Gasteiger partial charge in [-0.25, -0.2) is 0 Å². The SMILES string of the molecule is CN[Si](NC)(OC(C)C)OC(C)(C)C. The maximum atomic E-state index is 5.93. The van der Waals surface area contributed by atoms with Gasteiger partial charge in [0, 0.05) is 6.10 Å². The summed E-state index contributed by atoms with van der Waals surface area (Å²) in [5, 5.41) is 0. The second kappa shape index (κ2) is 5.23. The van der Waals surface area contributed by atoms with Crippen LogP contribution in [0.25, 0.3) is 0 Å². The van der Waals surface area contributed by atoms with Crippen LogP contribution in [0.2, 0.25) is 0 Å². The molecule has 0 aromatic carbocycles. The van der Waals surface area contributed by atoms with Crippen molar-refractivity contribution in [2.75, 3.05) is 14.1 Å². The van der Waals surface area contributed by atoms with Gasteiger partial charge in [-0.05, 0) is 48.7 Å². The molecule has 0 radical (unpaired) electrons. The van der Waals surface area contributed by atoms with Crippen molar-refractivity contribution in [3.8, 4) is 0 Å². The number of nitrogens with one attached hydrogen (secondary N) is 2. The van der Waals surface area contributed by atoms with Crippen LogP contribution in [0.15, 0.2) is 0 Å². The number of hydrogen-bond acceptors (Lipinski definition) is 4. The van der Waals surface area contributed by atoms with Crippen molar-refractivity contribution in [1.29, 1.82) is 0 Å². The van der Waals surface area contributed by atoms with Gasteiger partial charge in [-0.2, -0.15) is 0 Å². The second-order valence-electron chi connectivity index (χ2n) is 4.50. The maximum absolute atomic E-state index is 5.93. The zero-order valence-corrected chi connectivity index (χ0v) is 11.4. The minimum Gasteiger partial charge on any atom is -0.368 e. The van der Waals surface area contributed by atoms with Gasteiger partial charge in [-0.1, -0.05) is 0 Å². The van der Waals surface area contributed by atoms with E-state index in [1.165, 1.54) is 0 Å².